The zero-order valence-electron chi connectivity index (χ0n) is 28.6. The lowest BCUT2D eigenvalue weighted by molar-refractivity contribution is -0.136. The second-order valence-electron chi connectivity index (χ2n) is 14.1. The third-order valence-corrected chi connectivity index (χ3v) is 11.3. The van der Waals surface area contributed by atoms with Gasteiger partial charge in [-0.1, -0.05) is 24.3 Å². The van der Waals surface area contributed by atoms with Crippen molar-refractivity contribution in [1.29, 1.82) is 0 Å². The number of ether oxygens (including phenoxy) is 1. The molecule has 4 atom stereocenters. The molecule has 0 saturated carbocycles. The number of carbonyl (C=O) groups excluding carboxylic acids is 4. The Kier molecular flexibility index (Phi) is 9.04. The smallest absolute Gasteiger partial charge is 0.274 e. The Balaban J connectivity index is 0.883. The summed E-state index contributed by atoms with van der Waals surface area (Å²) >= 11 is 3.46. The van der Waals surface area contributed by atoms with Gasteiger partial charge >= 0.3 is 0 Å². The van der Waals surface area contributed by atoms with Gasteiger partial charge in [-0.25, -0.2) is 4.98 Å². The van der Waals surface area contributed by atoms with Crippen molar-refractivity contribution in [2.75, 3.05) is 50.1 Å². The molecule has 3 saturated heterocycles. The molecule has 4 aliphatic rings. The van der Waals surface area contributed by atoms with Crippen LogP contribution in [0.4, 0.5) is 11.5 Å². The maximum absolute atomic E-state index is 13.6. The molecule has 6 heterocycles. The van der Waals surface area contributed by atoms with Gasteiger partial charge in [0.1, 0.15) is 27.7 Å². The molecule has 2 aromatic carbocycles. The molecule has 4 aliphatic heterocycles. The molecule has 8 rings (SSSR count). The summed E-state index contributed by atoms with van der Waals surface area (Å²) in [6.45, 7) is 3.60. The number of likely N-dealkylation sites (tertiary alicyclic amines) is 1. The molecule has 2 unspecified atom stereocenters. The van der Waals surface area contributed by atoms with Crippen molar-refractivity contribution in [3.8, 4) is 5.75 Å². The van der Waals surface area contributed by atoms with E-state index in [0.717, 1.165) is 36.6 Å². The molecule has 0 radical (unpaired) electrons. The molecule has 0 aliphatic carbocycles. The maximum atomic E-state index is 13.6. The van der Waals surface area contributed by atoms with Crippen LogP contribution in [0, 0.1) is 5.92 Å². The fourth-order valence-electron chi connectivity index (χ4n) is 8.02. The number of amides is 4. The van der Waals surface area contributed by atoms with Crippen molar-refractivity contribution < 1.29 is 23.9 Å². The zero-order chi connectivity index (χ0) is 36.1. The van der Waals surface area contributed by atoms with Gasteiger partial charge < -0.3 is 19.9 Å². The fraction of sp³-hybridized carbons (Fsp3) is 0.368. The lowest BCUT2D eigenvalue weighted by Gasteiger charge is -2.36. The van der Waals surface area contributed by atoms with Gasteiger partial charge in [-0.05, 0) is 90.1 Å². The van der Waals surface area contributed by atoms with Crippen LogP contribution in [0.3, 0.4) is 0 Å². The number of fused-ring (bicyclic) bond motifs is 2. The highest BCUT2D eigenvalue weighted by atomic mass is 79.9. The second kappa shape index (κ2) is 13.8. The van der Waals surface area contributed by atoms with E-state index < -0.39 is 29.7 Å². The number of benzene rings is 2. The Morgan fingerprint density at radius 2 is 1.77 bits per heavy atom. The Hall–Kier alpha value is -5.08. The third-order valence-electron chi connectivity index (χ3n) is 10.6. The summed E-state index contributed by atoms with van der Waals surface area (Å²) in [7, 11) is 2.10. The van der Waals surface area contributed by atoms with Crippen molar-refractivity contribution in [3.05, 3.63) is 98.4 Å². The van der Waals surface area contributed by atoms with Crippen LogP contribution in [-0.2, 0) is 9.59 Å². The summed E-state index contributed by atoms with van der Waals surface area (Å²) in [5, 5.41) is 5.77. The first-order valence-corrected chi connectivity index (χ1v) is 18.4. The average Bonchev–Trinajstić information content (AvgIpc) is 3.72. The van der Waals surface area contributed by atoms with Gasteiger partial charge in [0.15, 0.2) is 0 Å². The number of rotatable bonds is 8. The molecular weight excluding hydrogens is 730 g/mol. The van der Waals surface area contributed by atoms with E-state index in [0.29, 0.717) is 46.9 Å². The Labute approximate surface area is 308 Å². The lowest BCUT2D eigenvalue weighted by atomic mass is 9.88. The molecule has 0 bridgehead atoms. The SMILES string of the molecule is CN1C[C@H](Nc2nc3ccccn3c(=O)c2Br)C[C@H](c2ccc(OCC3CCN(c4cccc5c4C(=O)N(C4CCC(=O)NC4=O)C5=O)C3)cc2)C1. The number of aromatic nitrogens is 2. The first-order valence-electron chi connectivity index (χ1n) is 17.6. The van der Waals surface area contributed by atoms with Gasteiger partial charge in [-0.3, -0.25) is 38.6 Å². The average molecular weight is 769 g/mol. The topological polar surface area (TPSA) is 146 Å². The van der Waals surface area contributed by atoms with E-state index in [4.69, 9.17) is 9.72 Å². The summed E-state index contributed by atoms with van der Waals surface area (Å²) in [6, 6.07) is 18.1. The van der Waals surface area contributed by atoms with Gasteiger partial charge in [0.05, 0.1) is 23.4 Å². The summed E-state index contributed by atoms with van der Waals surface area (Å²) < 4.78 is 8.19. The van der Waals surface area contributed by atoms with Crippen LogP contribution < -0.4 is 25.8 Å². The monoisotopic (exact) mass is 767 g/mol. The van der Waals surface area contributed by atoms with E-state index in [2.05, 4.69) is 55.5 Å². The lowest BCUT2D eigenvalue weighted by Crippen LogP contribution is -2.54. The van der Waals surface area contributed by atoms with Crippen molar-refractivity contribution >= 4 is 56.7 Å². The van der Waals surface area contributed by atoms with Gasteiger partial charge in [-0.15, -0.1) is 0 Å². The highest BCUT2D eigenvalue weighted by molar-refractivity contribution is 9.10. The van der Waals surface area contributed by atoms with Gasteiger partial charge in [0, 0.05) is 50.8 Å². The minimum Gasteiger partial charge on any atom is -0.493 e. The van der Waals surface area contributed by atoms with Crippen LogP contribution in [-0.4, -0.2) is 94.7 Å². The Morgan fingerprint density at radius 3 is 2.58 bits per heavy atom. The first kappa shape index (κ1) is 34.0. The molecule has 2 aromatic heterocycles. The zero-order valence-corrected chi connectivity index (χ0v) is 30.2. The summed E-state index contributed by atoms with van der Waals surface area (Å²) in [6.07, 6.45) is 3.65. The van der Waals surface area contributed by atoms with E-state index in [1.165, 1.54) is 9.96 Å². The van der Waals surface area contributed by atoms with Crippen LogP contribution in [0.25, 0.3) is 5.65 Å². The minimum absolute atomic E-state index is 0.0798. The largest absolute Gasteiger partial charge is 0.493 e. The fourth-order valence-corrected chi connectivity index (χ4v) is 8.41. The molecule has 4 amide bonds. The van der Waals surface area contributed by atoms with Gasteiger partial charge in [0.25, 0.3) is 17.4 Å². The molecule has 14 heteroatoms. The number of likely N-dealkylation sites (N-methyl/N-ethyl adjacent to an activating group) is 1. The summed E-state index contributed by atoms with van der Waals surface area (Å²) in [5.41, 5.74) is 2.94. The molecule has 13 nitrogen and oxygen atoms in total. The predicted octanol–water partition coefficient (Wildman–Crippen LogP) is 3.66. The molecule has 3 fully saturated rings. The molecular formula is C38H38BrN7O6. The van der Waals surface area contributed by atoms with Crippen LogP contribution in [0.1, 0.15) is 57.9 Å². The summed E-state index contributed by atoms with van der Waals surface area (Å²) in [5.74, 6) is -0.187. The highest BCUT2D eigenvalue weighted by Gasteiger charge is 2.46. The molecule has 2 N–H and O–H groups in total. The van der Waals surface area contributed by atoms with Crippen LogP contribution >= 0.6 is 15.9 Å². The minimum atomic E-state index is -0.997. The number of halogens is 1. The van der Waals surface area contributed by atoms with E-state index >= 15 is 0 Å². The molecule has 4 aromatic rings. The van der Waals surface area contributed by atoms with Crippen LogP contribution in [0.15, 0.2) is 76.1 Å². The number of imide groups is 2. The predicted molar refractivity (Wildman–Crippen MR) is 197 cm³/mol. The number of anilines is 2. The van der Waals surface area contributed by atoms with E-state index in [1.54, 1.807) is 18.3 Å². The van der Waals surface area contributed by atoms with Crippen molar-refractivity contribution in [3.63, 3.8) is 0 Å². The number of nitrogens with one attached hydrogen (secondary N) is 2. The van der Waals surface area contributed by atoms with E-state index in [9.17, 15) is 24.0 Å². The van der Waals surface area contributed by atoms with Crippen LogP contribution in [0.5, 0.6) is 5.75 Å². The first-order chi connectivity index (χ1) is 25.1. The maximum Gasteiger partial charge on any atom is 0.274 e. The van der Waals surface area contributed by atoms with Gasteiger partial charge in [0.2, 0.25) is 11.8 Å². The van der Waals surface area contributed by atoms with Crippen molar-refractivity contribution in [2.24, 2.45) is 5.92 Å². The standard InChI is InChI=1S/C38H38BrN7O6/c1-43-19-24(17-25(20-43)40-34-33(39)38(51)45-15-3-2-7-30(45)41-34)23-8-10-26(11-9-23)52-21-22-14-16-44(18-22)28-6-4-5-27-32(28)37(50)46(36(27)49)29-12-13-31(47)42-35(29)48/h2-11,15,22,24-25,29,40H,12-14,16-21H2,1H3,(H,42,47,48)/t22?,24-,25+,29?/m0/s1. The number of carbonyl (C=O) groups is 4. The highest BCUT2D eigenvalue weighted by Crippen LogP contribution is 2.37. The number of pyridine rings is 1. The number of piperidine rings is 2. The van der Waals surface area contributed by atoms with E-state index in [-0.39, 0.29) is 41.8 Å². The third kappa shape index (κ3) is 6.34. The van der Waals surface area contributed by atoms with Crippen molar-refractivity contribution in [2.45, 2.75) is 43.7 Å². The molecule has 52 heavy (non-hydrogen) atoms. The van der Waals surface area contributed by atoms with Crippen molar-refractivity contribution in [1.82, 2.24) is 24.5 Å². The normalized spacial score (nSPS) is 23.7. The summed E-state index contributed by atoms with van der Waals surface area (Å²) in [4.78, 5) is 74.1. The number of hydrogen-bond donors (Lipinski definition) is 2. The molecule has 0 spiro atoms. The van der Waals surface area contributed by atoms with Gasteiger partial charge in [-0.2, -0.15) is 0 Å². The second-order valence-corrected chi connectivity index (χ2v) is 14.9. The number of nitrogens with zero attached hydrogens (tertiary/aromatic N) is 5. The molecule has 268 valence electrons. The number of hydrogen-bond acceptors (Lipinski definition) is 10. The van der Waals surface area contributed by atoms with E-state index in [1.807, 2.05) is 36.4 Å². The quantitative estimate of drug-likeness (QED) is 0.255. The Bertz CT molecular complexity index is 2160. The van der Waals surface area contributed by atoms with Crippen LogP contribution in [0.2, 0.25) is 0 Å². The Morgan fingerprint density at radius 1 is 0.942 bits per heavy atom.